The van der Waals surface area contributed by atoms with E-state index in [2.05, 4.69) is 0 Å². The Morgan fingerprint density at radius 2 is 2.12 bits per heavy atom. The Morgan fingerprint density at radius 3 is 2.62 bits per heavy atom. The Kier molecular flexibility index (Phi) is 5.06. The summed E-state index contributed by atoms with van der Waals surface area (Å²) in [7, 11) is 1.37. The number of carbonyl (C=O) groups is 1. The number of hydrogen-bond acceptors (Lipinski definition) is 2. The number of halogens is 2. The minimum atomic E-state index is -1.02. The summed E-state index contributed by atoms with van der Waals surface area (Å²) in [5.41, 5.74) is 0.681. The monoisotopic (exact) mass is 261 g/mol. The lowest BCUT2D eigenvalue weighted by atomic mass is 10.2. The highest BCUT2D eigenvalue weighted by Gasteiger charge is 2.23. The number of carbonyl (C=O) groups excluding carboxylic acids is 1. The molecular formula is C11H13Cl2NO2. The highest BCUT2D eigenvalue weighted by atomic mass is 35.5. The Balaban J connectivity index is 2.99. The summed E-state index contributed by atoms with van der Waals surface area (Å²) < 4.78 is 4.77. The Morgan fingerprint density at radius 1 is 1.50 bits per heavy atom. The Labute approximate surface area is 105 Å². The molecule has 1 aromatic rings. The first-order valence-corrected chi connectivity index (χ1v) is 5.68. The molecule has 1 rings (SSSR count). The summed E-state index contributed by atoms with van der Waals surface area (Å²) in [5, 5.41) is 0. The van der Waals surface area contributed by atoms with Crippen molar-refractivity contribution in [1.82, 2.24) is 0 Å². The fraction of sp³-hybridized carbons (Fsp3) is 0.364. The van der Waals surface area contributed by atoms with E-state index in [4.69, 9.17) is 27.9 Å². The van der Waals surface area contributed by atoms with Gasteiger partial charge in [-0.1, -0.05) is 29.8 Å². The van der Waals surface area contributed by atoms with Crippen molar-refractivity contribution < 1.29 is 9.53 Å². The van der Waals surface area contributed by atoms with Crippen LogP contribution >= 0.6 is 23.2 Å². The van der Waals surface area contributed by atoms with E-state index in [0.717, 1.165) is 11.3 Å². The molecule has 0 heterocycles. The lowest BCUT2D eigenvalue weighted by molar-refractivity contribution is -0.124. The van der Waals surface area contributed by atoms with Gasteiger partial charge < -0.3 is 4.74 Å². The van der Waals surface area contributed by atoms with Crippen molar-refractivity contribution in [3.05, 3.63) is 29.8 Å². The Bertz CT molecular complexity index is 371. The number of anilines is 1. The summed E-state index contributed by atoms with van der Waals surface area (Å²) >= 11 is 11.5. The maximum Gasteiger partial charge on any atom is 0.272 e. The van der Waals surface area contributed by atoms with Gasteiger partial charge in [-0.25, -0.2) is 0 Å². The van der Waals surface area contributed by atoms with E-state index in [1.54, 1.807) is 0 Å². The number of methoxy groups -OCH3 is 1. The number of hydrogen-bond donors (Lipinski definition) is 0. The second-order valence-electron chi connectivity index (χ2n) is 3.22. The van der Waals surface area contributed by atoms with Gasteiger partial charge in [0.2, 0.25) is 5.56 Å². The molecule has 0 aliphatic carbocycles. The lowest BCUT2D eigenvalue weighted by Gasteiger charge is -2.23. The van der Waals surface area contributed by atoms with Crippen molar-refractivity contribution in [3.8, 4) is 0 Å². The third-order valence-corrected chi connectivity index (χ3v) is 2.80. The smallest absolute Gasteiger partial charge is 0.272 e. The van der Waals surface area contributed by atoms with Gasteiger partial charge in [-0.15, -0.1) is 11.6 Å². The van der Waals surface area contributed by atoms with Gasteiger partial charge in [-0.2, -0.15) is 0 Å². The summed E-state index contributed by atoms with van der Waals surface area (Å²) in [6.07, 6.45) is 0. The number of para-hydroxylation sites is 1. The quantitative estimate of drug-likeness (QED) is 0.616. The molecular weight excluding hydrogens is 249 g/mol. The molecule has 5 heteroatoms. The highest BCUT2D eigenvalue weighted by molar-refractivity contribution is 6.33. The SMILES string of the molecule is COC(Cl)C(=O)N(CCl)c1ccccc1C. The number of alkyl halides is 2. The molecule has 0 fully saturated rings. The van der Waals surface area contributed by atoms with Crippen LogP contribution in [0.15, 0.2) is 24.3 Å². The molecule has 1 amide bonds. The van der Waals surface area contributed by atoms with E-state index < -0.39 is 5.56 Å². The average Bonchev–Trinajstić information content (AvgIpc) is 2.31. The van der Waals surface area contributed by atoms with Gasteiger partial charge in [0, 0.05) is 12.8 Å². The standard InChI is InChI=1S/C11H13Cl2NO2/c1-8-5-3-4-6-9(8)14(7-12)11(15)10(13)16-2/h3-6,10H,7H2,1-2H3. The van der Waals surface area contributed by atoms with Crippen LogP contribution in [0.5, 0.6) is 0 Å². The minimum Gasteiger partial charge on any atom is -0.357 e. The van der Waals surface area contributed by atoms with Crippen LogP contribution in [0, 0.1) is 6.92 Å². The third-order valence-electron chi connectivity index (χ3n) is 2.19. The van der Waals surface area contributed by atoms with Crippen molar-refractivity contribution in [2.45, 2.75) is 12.5 Å². The number of nitrogens with zero attached hydrogens (tertiary/aromatic N) is 1. The van der Waals surface area contributed by atoms with E-state index in [-0.39, 0.29) is 11.9 Å². The zero-order valence-electron chi connectivity index (χ0n) is 9.11. The zero-order valence-corrected chi connectivity index (χ0v) is 10.6. The van der Waals surface area contributed by atoms with Crippen LogP contribution < -0.4 is 4.90 Å². The van der Waals surface area contributed by atoms with Crippen molar-refractivity contribution in [3.63, 3.8) is 0 Å². The highest BCUT2D eigenvalue weighted by Crippen LogP contribution is 2.21. The largest absolute Gasteiger partial charge is 0.357 e. The third kappa shape index (κ3) is 2.88. The first-order valence-electron chi connectivity index (χ1n) is 4.71. The normalized spacial score (nSPS) is 12.2. The topological polar surface area (TPSA) is 29.5 Å². The molecule has 0 saturated carbocycles. The Hall–Kier alpha value is -0.770. The van der Waals surface area contributed by atoms with Gasteiger partial charge >= 0.3 is 0 Å². The fourth-order valence-corrected chi connectivity index (χ4v) is 1.70. The summed E-state index contributed by atoms with van der Waals surface area (Å²) in [4.78, 5) is 13.2. The van der Waals surface area contributed by atoms with Crippen molar-refractivity contribution >= 4 is 34.8 Å². The molecule has 0 aliphatic rings. The number of amides is 1. The van der Waals surface area contributed by atoms with Crippen LogP contribution in [0.2, 0.25) is 0 Å². The fourth-order valence-electron chi connectivity index (χ4n) is 1.33. The lowest BCUT2D eigenvalue weighted by Crippen LogP contribution is -2.37. The molecule has 88 valence electrons. The van der Waals surface area contributed by atoms with Crippen LogP contribution in [0.3, 0.4) is 0 Å². The summed E-state index contributed by atoms with van der Waals surface area (Å²) in [6, 6.07) is 7.48. The molecule has 0 saturated heterocycles. The zero-order chi connectivity index (χ0) is 12.1. The molecule has 0 N–H and O–H groups in total. The molecule has 1 atom stereocenters. The van der Waals surface area contributed by atoms with Crippen molar-refractivity contribution in [2.75, 3.05) is 18.0 Å². The van der Waals surface area contributed by atoms with Crippen molar-refractivity contribution in [1.29, 1.82) is 0 Å². The molecule has 0 spiro atoms. The molecule has 0 aliphatic heterocycles. The molecule has 16 heavy (non-hydrogen) atoms. The first kappa shape index (κ1) is 13.3. The molecule has 0 radical (unpaired) electrons. The number of rotatable bonds is 4. The maximum absolute atomic E-state index is 11.8. The van der Waals surface area contributed by atoms with Gasteiger partial charge in [0.15, 0.2) is 0 Å². The second-order valence-corrected chi connectivity index (χ2v) is 3.86. The van der Waals surface area contributed by atoms with Gasteiger partial charge in [0.25, 0.3) is 5.91 Å². The molecule has 1 aromatic carbocycles. The molecule has 1 unspecified atom stereocenters. The average molecular weight is 262 g/mol. The number of ether oxygens (including phenoxy) is 1. The van der Waals surface area contributed by atoms with Crippen LogP contribution in [-0.2, 0) is 9.53 Å². The summed E-state index contributed by atoms with van der Waals surface area (Å²) in [6.45, 7) is 1.90. The van der Waals surface area contributed by atoms with Crippen molar-refractivity contribution in [2.24, 2.45) is 0 Å². The summed E-state index contributed by atoms with van der Waals surface area (Å²) in [5.74, 6) is -0.367. The van der Waals surface area contributed by atoms with Gasteiger partial charge in [0.05, 0.1) is 0 Å². The minimum absolute atomic E-state index is 0.0380. The van der Waals surface area contributed by atoms with Gasteiger partial charge in [-0.3, -0.25) is 9.69 Å². The predicted molar refractivity (Wildman–Crippen MR) is 66.0 cm³/mol. The van der Waals surface area contributed by atoms with E-state index in [1.807, 2.05) is 31.2 Å². The number of benzene rings is 1. The van der Waals surface area contributed by atoms with E-state index >= 15 is 0 Å². The van der Waals surface area contributed by atoms with Gasteiger partial charge in [0.1, 0.15) is 6.00 Å². The van der Waals surface area contributed by atoms with E-state index in [0.29, 0.717) is 0 Å². The van der Waals surface area contributed by atoms with Crippen LogP contribution in [0.25, 0.3) is 0 Å². The number of aryl methyl sites for hydroxylation is 1. The first-order chi connectivity index (χ1) is 7.61. The van der Waals surface area contributed by atoms with Crippen LogP contribution in [-0.4, -0.2) is 24.6 Å². The molecule has 3 nitrogen and oxygen atoms in total. The predicted octanol–water partition coefficient (Wildman–Crippen LogP) is 2.74. The molecule has 0 aromatic heterocycles. The van der Waals surface area contributed by atoms with Crippen LogP contribution in [0.4, 0.5) is 5.69 Å². The van der Waals surface area contributed by atoms with Gasteiger partial charge in [-0.05, 0) is 18.6 Å². The van der Waals surface area contributed by atoms with Crippen LogP contribution in [0.1, 0.15) is 5.56 Å². The maximum atomic E-state index is 11.8. The van der Waals surface area contributed by atoms with E-state index in [9.17, 15) is 4.79 Å². The second kappa shape index (κ2) is 6.09. The van der Waals surface area contributed by atoms with E-state index in [1.165, 1.54) is 12.0 Å². The molecule has 0 bridgehead atoms.